The van der Waals surface area contributed by atoms with E-state index in [1.165, 1.54) is 6.07 Å². The van der Waals surface area contributed by atoms with Crippen LogP contribution in [0.25, 0.3) is 0 Å². The predicted molar refractivity (Wildman–Crippen MR) is 74.3 cm³/mol. The molecule has 1 aromatic rings. The molecule has 2 rings (SSSR count). The molecule has 0 aromatic carbocycles. The number of rotatable bonds is 6. The Kier molecular flexibility index (Phi) is 5.08. The summed E-state index contributed by atoms with van der Waals surface area (Å²) < 4.78 is 10.2. The van der Waals surface area contributed by atoms with E-state index in [1.54, 1.807) is 13.2 Å². The molecule has 0 atom stereocenters. The van der Waals surface area contributed by atoms with E-state index in [0.29, 0.717) is 26.4 Å². The maximum Gasteiger partial charge on any atom is 0.311 e. The van der Waals surface area contributed by atoms with Gasteiger partial charge in [0.2, 0.25) is 5.82 Å². The van der Waals surface area contributed by atoms with Gasteiger partial charge in [-0.15, -0.1) is 0 Å². The minimum absolute atomic E-state index is 0.0295. The molecule has 0 radical (unpaired) electrons. The Morgan fingerprint density at radius 2 is 2.25 bits per heavy atom. The Morgan fingerprint density at radius 1 is 1.50 bits per heavy atom. The summed E-state index contributed by atoms with van der Waals surface area (Å²) in [5, 5.41) is 13.9. The quantitative estimate of drug-likeness (QED) is 0.470. The Hall–Kier alpha value is -1.93. The molecular weight excluding hydrogens is 264 g/mol. The molecule has 110 valence electrons. The van der Waals surface area contributed by atoms with Crippen LogP contribution >= 0.6 is 0 Å². The van der Waals surface area contributed by atoms with Gasteiger partial charge in [0.25, 0.3) is 0 Å². The fourth-order valence-electron chi connectivity index (χ4n) is 1.96. The number of aromatic nitrogens is 1. The largest absolute Gasteiger partial charge is 0.383 e. The molecule has 1 aliphatic rings. The monoisotopic (exact) mass is 282 g/mol. The molecule has 2 heterocycles. The summed E-state index contributed by atoms with van der Waals surface area (Å²) >= 11 is 0. The molecule has 1 N–H and O–H groups in total. The van der Waals surface area contributed by atoms with Crippen LogP contribution in [0.3, 0.4) is 0 Å². The van der Waals surface area contributed by atoms with E-state index in [0.717, 1.165) is 18.9 Å². The molecule has 1 saturated heterocycles. The summed E-state index contributed by atoms with van der Waals surface area (Å²) in [6, 6.07) is 3.15. The average molecular weight is 282 g/mol. The van der Waals surface area contributed by atoms with Crippen LogP contribution in [0, 0.1) is 10.1 Å². The van der Waals surface area contributed by atoms with Gasteiger partial charge >= 0.3 is 5.69 Å². The zero-order valence-corrected chi connectivity index (χ0v) is 11.4. The molecule has 0 amide bonds. The van der Waals surface area contributed by atoms with Crippen molar-refractivity contribution in [2.75, 3.05) is 56.8 Å². The second-order valence-corrected chi connectivity index (χ2v) is 4.31. The molecule has 8 heteroatoms. The second kappa shape index (κ2) is 7.01. The van der Waals surface area contributed by atoms with Gasteiger partial charge in [-0.3, -0.25) is 10.1 Å². The third-order valence-electron chi connectivity index (χ3n) is 2.99. The van der Waals surface area contributed by atoms with Crippen molar-refractivity contribution in [2.45, 2.75) is 0 Å². The number of methoxy groups -OCH3 is 1. The molecule has 1 aliphatic heterocycles. The number of ether oxygens (including phenoxy) is 2. The molecular formula is C12H18N4O4. The molecule has 0 bridgehead atoms. The van der Waals surface area contributed by atoms with Gasteiger partial charge in [0, 0.05) is 32.8 Å². The van der Waals surface area contributed by atoms with E-state index in [4.69, 9.17) is 9.47 Å². The average Bonchev–Trinajstić information content (AvgIpc) is 2.48. The number of nitrogens with one attached hydrogen (secondary N) is 1. The molecule has 1 aromatic heterocycles. The van der Waals surface area contributed by atoms with Crippen LogP contribution in [0.1, 0.15) is 0 Å². The molecule has 0 unspecified atom stereocenters. The van der Waals surface area contributed by atoms with Gasteiger partial charge in [-0.05, 0) is 6.07 Å². The van der Waals surface area contributed by atoms with E-state index in [1.807, 2.05) is 0 Å². The number of morpholine rings is 1. The number of pyridine rings is 1. The van der Waals surface area contributed by atoms with Gasteiger partial charge in [0.1, 0.15) is 5.82 Å². The van der Waals surface area contributed by atoms with Gasteiger partial charge in [-0.2, -0.15) is 0 Å². The summed E-state index contributed by atoms with van der Waals surface area (Å²) in [6.45, 7) is 3.69. The minimum atomic E-state index is -0.439. The highest BCUT2D eigenvalue weighted by Gasteiger charge is 2.19. The van der Waals surface area contributed by atoms with Crippen LogP contribution in [0.15, 0.2) is 12.1 Å². The van der Waals surface area contributed by atoms with Crippen LogP contribution in [-0.4, -0.2) is 56.5 Å². The first-order valence-corrected chi connectivity index (χ1v) is 6.43. The number of nitro groups is 1. The highest BCUT2D eigenvalue weighted by Crippen LogP contribution is 2.25. The molecule has 0 saturated carbocycles. The van der Waals surface area contributed by atoms with E-state index in [-0.39, 0.29) is 11.5 Å². The molecule has 0 aliphatic carbocycles. The first-order valence-electron chi connectivity index (χ1n) is 6.43. The smallest absolute Gasteiger partial charge is 0.311 e. The summed E-state index contributed by atoms with van der Waals surface area (Å²) in [4.78, 5) is 17.0. The van der Waals surface area contributed by atoms with Crippen LogP contribution < -0.4 is 10.2 Å². The lowest BCUT2D eigenvalue weighted by molar-refractivity contribution is -0.384. The fourth-order valence-corrected chi connectivity index (χ4v) is 1.96. The summed E-state index contributed by atoms with van der Waals surface area (Å²) in [5.74, 6) is 0.995. The minimum Gasteiger partial charge on any atom is -0.383 e. The zero-order chi connectivity index (χ0) is 14.4. The first kappa shape index (κ1) is 14.5. The van der Waals surface area contributed by atoms with Crippen molar-refractivity contribution in [1.82, 2.24) is 4.98 Å². The van der Waals surface area contributed by atoms with Gasteiger partial charge in [-0.25, -0.2) is 4.98 Å². The van der Waals surface area contributed by atoms with Crippen LogP contribution in [0.2, 0.25) is 0 Å². The number of anilines is 2. The van der Waals surface area contributed by atoms with Crippen molar-refractivity contribution in [3.8, 4) is 0 Å². The maximum absolute atomic E-state index is 11.0. The van der Waals surface area contributed by atoms with Gasteiger partial charge in [0.05, 0.1) is 24.7 Å². The Morgan fingerprint density at radius 3 is 2.90 bits per heavy atom. The highest BCUT2D eigenvalue weighted by atomic mass is 16.6. The maximum atomic E-state index is 11.0. The van der Waals surface area contributed by atoms with Crippen molar-refractivity contribution in [3.05, 3.63) is 22.2 Å². The second-order valence-electron chi connectivity index (χ2n) is 4.31. The number of nitrogens with zero attached hydrogens (tertiary/aromatic N) is 3. The summed E-state index contributed by atoms with van der Waals surface area (Å²) in [5.41, 5.74) is -0.0295. The first-order chi connectivity index (χ1) is 9.72. The van der Waals surface area contributed by atoms with Crippen molar-refractivity contribution < 1.29 is 14.4 Å². The van der Waals surface area contributed by atoms with E-state index >= 15 is 0 Å². The number of hydrogen-bond donors (Lipinski definition) is 1. The standard InChI is InChI=1S/C12H18N4O4/c1-19-7-4-13-12-10(16(17)18)2-3-11(14-12)15-5-8-20-9-6-15/h2-3H,4-9H2,1H3,(H,13,14). The third-order valence-corrected chi connectivity index (χ3v) is 2.99. The number of hydrogen-bond acceptors (Lipinski definition) is 7. The van der Waals surface area contributed by atoms with Crippen LogP contribution in [0.5, 0.6) is 0 Å². The molecule has 1 fully saturated rings. The Labute approximate surface area is 116 Å². The lowest BCUT2D eigenvalue weighted by Gasteiger charge is -2.28. The van der Waals surface area contributed by atoms with Crippen LogP contribution in [0.4, 0.5) is 17.3 Å². The summed E-state index contributed by atoms with van der Waals surface area (Å²) in [6.07, 6.45) is 0. The normalized spacial score (nSPS) is 15.2. The van der Waals surface area contributed by atoms with Gasteiger partial charge in [0.15, 0.2) is 0 Å². The van der Waals surface area contributed by atoms with Crippen molar-refractivity contribution >= 4 is 17.3 Å². The molecule has 20 heavy (non-hydrogen) atoms. The predicted octanol–water partition coefficient (Wildman–Crippen LogP) is 0.885. The van der Waals surface area contributed by atoms with E-state index in [2.05, 4.69) is 15.2 Å². The highest BCUT2D eigenvalue weighted by molar-refractivity contribution is 5.60. The Bertz CT molecular complexity index is 463. The third kappa shape index (κ3) is 3.55. The fraction of sp³-hybridized carbons (Fsp3) is 0.583. The van der Waals surface area contributed by atoms with Crippen LogP contribution in [-0.2, 0) is 9.47 Å². The summed E-state index contributed by atoms with van der Waals surface area (Å²) in [7, 11) is 1.58. The van der Waals surface area contributed by atoms with E-state index in [9.17, 15) is 10.1 Å². The van der Waals surface area contributed by atoms with Gasteiger partial charge < -0.3 is 19.7 Å². The molecule has 0 spiro atoms. The van der Waals surface area contributed by atoms with E-state index < -0.39 is 4.92 Å². The van der Waals surface area contributed by atoms with Crippen molar-refractivity contribution in [1.29, 1.82) is 0 Å². The topological polar surface area (TPSA) is 89.8 Å². The lowest BCUT2D eigenvalue weighted by atomic mass is 10.3. The lowest BCUT2D eigenvalue weighted by Crippen LogP contribution is -2.36. The Balaban J connectivity index is 2.17. The zero-order valence-electron chi connectivity index (χ0n) is 11.4. The van der Waals surface area contributed by atoms with Crippen molar-refractivity contribution in [3.63, 3.8) is 0 Å². The van der Waals surface area contributed by atoms with Crippen molar-refractivity contribution in [2.24, 2.45) is 0 Å². The van der Waals surface area contributed by atoms with Gasteiger partial charge in [-0.1, -0.05) is 0 Å². The SMILES string of the molecule is COCCNc1nc(N2CCOCC2)ccc1[N+](=O)[O-]. The molecule has 8 nitrogen and oxygen atoms in total.